The van der Waals surface area contributed by atoms with Gasteiger partial charge in [-0.05, 0) is 45.6 Å². The van der Waals surface area contributed by atoms with Gasteiger partial charge in [0.1, 0.15) is 10.7 Å². The zero-order valence-corrected chi connectivity index (χ0v) is 14.6. The maximum absolute atomic E-state index is 13.2. The molecular formula is C17H21N3O2S. The average Bonchev–Trinajstić information content (AvgIpc) is 3.10. The fourth-order valence-corrected chi connectivity index (χ4v) is 5.22. The monoisotopic (exact) mass is 331 g/mol. The third-order valence-corrected chi connectivity index (χ3v) is 6.19. The van der Waals surface area contributed by atoms with Crippen LogP contribution in [0.1, 0.15) is 46.0 Å². The van der Waals surface area contributed by atoms with Crippen LogP contribution in [0.4, 0.5) is 0 Å². The standard InChI is InChI=1S/C17H21N3O2S/c1-9-14-10(2)18-11(3)19-16(14)23-15(9)17(21)20-7-8-22-13-6-4-5-12(13)20/h12-13H,4-8H2,1-3H3/t12-,13-/m0/s1. The van der Waals surface area contributed by atoms with Gasteiger partial charge in [0, 0.05) is 17.6 Å². The molecule has 1 saturated carbocycles. The van der Waals surface area contributed by atoms with Gasteiger partial charge in [-0.25, -0.2) is 9.97 Å². The SMILES string of the molecule is Cc1nc(C)c2c(C)c(C(=O)N3CCO[C@H]4CCC[C@@H]43)sc2n1. The maximum atomic E-state index is 13.2. The minimum Gasteiger partial charge on any atom is -0.374 e. The molecule has 5 nitrogen and oxygen atoms in total. The van der Waals surface area contributed by atoms with Crippen LogP contribution in [0, 0.1) is 20.8 Å². The number of amides is 1. The maximum Gasteiger partial charge on any atom is 0.264 e. The van der Waals surface area contributed by atoms with Gasteiger partial charge in [-0.3, -0.25) is 4.79 Å². The number of aryl methyl sites for hydroxylation is 3. The van der Waals surface area contributed by atoms with Gasteiger partial charge in [-0.15, -0.1) is 11.3 Å². The number of rotatable bonds is 1. The molecule has 2 aromatic heterocycles. The molecule has 1 amide bonds. The lowest BCUT2D eigenvalue weighted by Gasteiger charge is -2.37. The fourth-order valence-electron chi connectivity index (χ4n) is 3.99. The molecule has 0 N–H and O–H groups in total. The van der Waals surface area contributed by atoms with Crippen molar-refractivity contribution in [2.45, 2.75) is 52.2 Å². The van der Waals surface area contributed by atoms with Crippen molar-refractivity contribution in [3.8, 4) is 0 Å². The Morgan fingerprint density at radius 2 is 2.09 bits per heavy atom. The molecule has 2 aromatic rings. The molecule has 0 bridgehead atoms. The summed E-state index contributed by atoms with van der Waals surface area (Å²) in [4.78, 5) is 25.9. The zero-order chi connectivity index (χ0) is 16.1. The van der Waals surface area contributed by atoms with Crippen LogP contribution in [0.15, 0.2) is 0 Å². The molecule has 0 radical (unpaired) electrons. The predicted octanol–water partition coefficient (Wildman–Crippen LogP) is 3.01. The quantitative estimate of drug-likeness (QED) is 0.806. The molecule has 23 heavy (non-hydrogen) atoms. The van der Waals surface area contributed by atoms with Crippen LogP contribution in [-0.2, 0) is 4.74 Å². The van der Waals surface area contributed by atoms with E-state index in [-0.39, 0.29) is 18.1 Å². The number of aromatic nitrogens is 2. The highest BCUT2D eigenvalue weighted by Gasteiger charge is 2.39. The minimum absolute atomic E-state index is 0.141. The summed E-state index contributed by atoms with van der Waals surface area (Å²) in [7, 11) is 0. The number of ether oxygens (including phenoxy) is 1. The van der Waals surface area contributed by atoms with Crippen LogP contribution in [-0.4, -0.2) is 46.1 Å². The summed E-state index contributed by atoms with van der Waals surface area (Å²) in [6.45, 7) is 7.25. The van der Waals surface area contributed by atoms with Crippen molar-refractivity contribution in [2.75, 3.05) is 13.2 Å². The number of nitrogens with zero attached hydrogens (tertiary/aromatic N) is 3. The van der Waals surface area contributed by atoms with E-state index in [1.54, 1.807) is 0 Å². The predicted molar refractivity (Wildman–Crippen MR) is 90.0 cm³/mol. The van der Waals surface area contributed by atoms with E-state index in [1.165, 1.54) is 11.3 Å². The second-order valence-corrected chi connectivity index (χ2v) is 7.50. The third kappa shape index (κ3) is 2.35. The number of thiophene rings is 1. The van der Waals surface area contributed by atoms with Gasteiger partial charge >= 0.3 is 0 Å². The van der Waals surface area contributed by atoms with Crippen molar-refractivity contribution in [1.29, 1.82) is 0 Å². The van der Waals surface area contributed by atoms with Crippen LogP contribution in [0.2, 0.25) is 0 Å². The molecule has 2 aliphatic rings. The van der Waals surface area contributed by atoms with Crippen molar-refractivity contribution < 1.29 is 9.53 Å². The van der Waals surface area contributed by atoms with E-state index in [2.05, 4.69) is 9.97 Å². The second kappa shape index (κ2) is 5.53. The van der Waals surface area contributed by atoms with Gasteiger partial charge < -0.3 is 9.64 Å². The first-order valence-electron chi connectivity index (χ1n) is 8.23. The first-order chi connectivity index (χ1) is 11.1. The minimum atomic E-state index is 0.141. The van der Waals surface area contributed by atoms with Gasteiger partial charge in [0.05, 0.1) is 23.6 Å². The Labute approximate surface area is 139 Å². The molecule has 0 unspecified atom stereocenters. The van der Waals surface area contributed by atoms with E-state index in [0.29, 0.717) is 13.2 Å². The van der Waals surface area contributed by atoms with Crippen LogP contribution in [0.25, 0.3) is 10.2 Å². The Morgan fingerprint density at radius 3 is 2.91 bits per heavy atom. The average molecular weight is 331 g/mol. The zero-order valence-electron chi connectivity index (χ0n) is 13.8. The number of fused-ring (bicyclic) bond motifs is 2. The van der Waals surface area contributed by atoms with Crippen molar-refractivity contribution in [3.05, 3.63) is 22.0 Å². The van der Waals surface area contributed by atoms with Gasteiger partial charge in [0.25, 0.3) is 5.91 Å². The van der Waals surface area contributed by atoms with Gasteiger partial charge in [0.2, 0.25) is 0 Å². The molecule has 4 rings (SSSR count). The van der Waals surface area contributed by atoms with E-state index in [0.717, 1.165) is 51.4 Å². The van der Waals surface area contributed by atoms with Gasteiger partial charge in [-0.1, -0.05) is 0 Å². The van der Waals surface area contributed by atoms with Crippen LogP contribution >= 0.6 is 11.3 Å². The summed E-state index contributed by atoms with van der Waals surface area (Å²) >= 11 is 1.51. The molecular weight excluding hydrogens is 310 g/mol. The highest BCUT2D eigenvalue weighted by molar-refractivity contribution is 7.20. The Balaban J connectivity index is 1.75. The normalized spacial score (nSPS) is 24.2. The van der Waals surface area contributed by atoms with E-state index < -0.39 is 0 Å². The number of hydrogen-bond donors (Lipinski definition) is 0. The first-order valence-corrected chi connectivity index (χ1v) is 9.05. The Bertz CT molecular complexity index is 786. The van der Waals surface area contributed by atoms with Crippen molar-refractivity contribution >= 4 is 27.5 Å². The van der Waals surface area contributed by atoms with Crippen LogP contribution in [0.5, 0.6) is 0 Å². The van der Waals surface area contributed by atoms with Crippen LogP contribution < -0.4 is 0 Å². The summed E-state index contributed by atoms with van der Waals surface area (Å²) in [6, 6.07) is 0.245. The lowest BCUT2D eigenvalue weighted by molar-refractivity contribution is -0.0444. The summed E-state index contributed by atoms with van der Waals surface area (Å²) in [5.41, 5.74) is 1.98. The molecule has 6 heteroatoms. The highest BCUT2D eigenvalue weighted by Crippen LogP contribution is 2.35. The highest BCUT2D eigenvalue weighted by atomic mass is 32.1. The number of hydrogen-bond acceptors (Lipinski definition) is 5. The Morgan fingerprint density at radius 1 is 1.26 bits per heavy atom. The van der Waals surface area contributed by atoms with Gasteiger partial charge in [0.15, 0.2) is 0 Å². The molecule has 122 valence electrons. The topological polar surface area (TPSA) is 55.3 Å². The first kappa shape index (κ1) is 15.0. The molecule has 2 fully saturated rings. The summed E-state index contributed by atoms with van der Waals surface area (Å²) in [6.07, 6.45) is 3.50. The Kier molecular flexibility index (Phi) is 3.61. The van der Waals surface area contributed by atoms with Crippen molar-refractivity contribution in [2.24, 2.45) is 0 Å². The molecule has 1 aliphatic heterocycles. The van der Waals surface area contributed by atoms with Crippen LogP contribution in [0.3, 0.4) is 0 Å². The number of carbonyl (C=O) groups excluding carboxylic acids is 1. The molecule has 2 atom stereocenters. The molecule has 1 aliphatic carbocycles. The second-order valence-electron chi connectivity index (χ2n) is 6.50. The lowest BCUT2D eigenvalue weighted by Crippen LogP contribution is -2.51. The smallest absolute Gasteiger partial charge is 0.264 e. The number of morpholine rings is 1. The van der Waals surface area contributed by atoms with E-state index in [1.807, 2.05) is 25.7 Å². The largest absolute Gasteiger partial charge is 0.374 e. The summed E-state index contributed by atoms with van der Waals surface area (Å²) in [5.74, 6) is 0.903. The fraction of sp³-hybridized carbons (Fsp3) is 0.588. The van der Waals surface area contributed by atoms with Gasteiger partial charge in [-0.2, -0.15) is 0 Å². The van der Waals surface area contributed by atoms with E-state index in [9.17, 15) is 4.79 Å². The molecule has 1 saturated heterocycles. The molecule has 3 heterocycles. The number of carbonyl (C=O) groups is 1. The van der Waals surface area contributed by atoms with Crippen molar-refractivity contribution in [1.82, 2.24) is 14.9 Å². The summed E-state index contributed by atoms with van der Waals surface area (Å²) < 4.78 is 5.83. The Hall–Kier alpha value is -1.53. The van der Waals surface area contributed by atoms with Crippen molar-refractivity contribution in [3.63, 3.8) is 0 Å². The third-order valence-electron chi connectivity index (χ3n) is 5.02. The molecule has 0 spiro atoms. The summed E-state index contributed by atoms with van der Waals surface area (Å²) in [5, 5.41) is 1.04. The lowest BCUT2D eigenvalue weighted by atomic mass is 10.1. The van der Waals surface area contributed by atoms with E-state index >= 15 is 0 Å². The van der Waals surface area contributed by atoms with E-state index in [4.69, 9.17) is 4.74 Å². The molecule has 0 aromatic carbocycles.